The van der Waals surface area contributed by atoms with Crippen molar-refractivity contribution in [1.29, 1.82) is 0 Å². The fourth-order valence-corrected chi connectivity index (χ4v) is 2.26. The van der Waals surface area contributed by atoms with E-state index in [0.29, 0.717) is 5.88 Å². The van der Waals surface area contributed by atoms with Gasteiger partial charge in [0.25, 0.3) is 0 Å². The number of imidazole rings is 1. The first-order chi connectivity index (χ1) is 9.01. The van der Waals surface area contributed by atoms with Gasteiger partial charge < -0.3 is 9.30 Å². The van der Waals surface area contributed by atoms with Crippen LogP contribution in [0.15, 0.2) is 30.4 Å². The Morgan fingerprint density at radius 2 is 2.21 bits per heavy atom. The standard InChI is InChI=1S/C15H19ClN2O/c1-10(2)9-18-14-6-5-12(19-11(3)4)7-13(14)17-15(18)8-16/h5-7,11H,1,8-9H2,2-4H3. The normalized spacial score (nSPS) is 11.2. The fourth-order valence-electron chi connectivity index (χ4n) is 2.05. The van der Waals surface area contributed by atoms with Crippen LogP contribution in [0, 0.1) is 0 Å². The molecule has 0 aliphatic carbocycles. The molecule has 0 saturated heterocycles. The van der Waals surface area contributed by atoms with Crippen LogP contribution in [0.2, 0.25) is 0 Å². The van der Waals surface area contributed by atoms with Crippen LogP contribution in [0.5, 0.6) is 5.75 Å². The van der Waals surface area contributed by atoms with Crippen LogP contribution in [-0.2, 0) is 12.4 Å². The maximum atomic E-state index is 5.97. The van der Waals surface area contributed by atoms with Crippen LogP contribution in [-0.4, -0.2) is 15.7 Å². The Morgan fingerprint density at radius 3 is 2.79 bits per heavy atom. The molecule has 3 nitrogen and oxygen atoms in total. The molecule has 0 bridgehead atoms. The predicted octanol–water partition coefficient (Wildman–Crippen LogP) is 4.14. The Labute approximate surface area is 118 Å². The van der Waals surface area contributed by atoms with Gasteiger partial charge in [0.05, 0.1) is 23.0 Å². The van der Waals surface area contributed by atoms with Crippen molar-refractivity contribution in [2.75, 3.05) is 0 Å². The highest BCUT2D eigenvalue weighted by Gasteiger charge is 2.11. The Balaban J connectivity index is 2.47. The molecule has 0 N–H and O–H groups in total. The highest BCUT2D eigenvalue weighted by molar-refractivity contribution is 6.16. The van der Waals surface area contributed by atoms with Crippen molar-refractivity contribution in [2.24, 2.45) is 0 Å². The summed E-state index contributed by atoms with van der Waals surface area (Å²) in [6.45, 7) is 10.7. The van der Waals surface area contributed by atoms with E-state index < -0.39 is 0 Å². The number of hydrogen-bond donors (Lipinski definition) is 0. The first-order valence-electron chi connectivity index (χ1n) is 6.37. The highest BCUT2D eigenvalue weighted by Crippen LogP contribution is 2.24. The lowest BCUT2D eigenvalue weighted by Crippen LogP contribution is -2.05. The molecule has 4 heteroatoms. The highest BCUT2D eigenvalue weighted by atomic mass is 35.5. The Hall–Kier alpha value is -1.48. The van der Waals surface area contributed by atoms with Crippen LogP contribution >= 0.6 is 11.6 Å². The summed E-state index contributed by atoms with van der Waals surface area (Å²) in [6, 6.07) is 5.95. The van der Waals surface area contributed by atoms with E-state index in [2.05, 4.69) is 16.1 Å². The first kappa shape index (κ1) is 13.9. The maximum absolute atomic E-state index is 5.97. The third kappa shape index (κ3) is 3.10. The van der Waals surface area contributed by atoms with Crippen LogP contribution in [0.1, 0.15) is 26.6 Å². The molecular weight excluding hydrogens is 260 g/mol. The van der Waals surface area contributed by atoms with E-state index in [4.69, 9.17) is 16.3 Å². The summed E-state index contributed by atoms with van der Waals surface area (Å²) >= 11 is 5.97. The minimum absolute atomic E-state index is 0.155. The number of ether oxygens (including phenoxy) is 1. The van der Waals surface area contributed by atoms with E-state index in [1.165, 1.54) is 0 Å². The number of rotatable bonds is 5. The zero-order chi connectivity index (χ0) is 14.0. The van der Waals surface area contributed by atoms with Crippen LogP contribution in [0.25, 0.3) is 11.0 Å². The zero-order valence-corrected chi connectivity index (χ0v) is 12.4. The summed E-state index contributed by atoms with van der Waals surface area (Å²) in [4.78, 5) is 4.56. The van der Waals surface area contributed by atoms with Gasteiger partial charge in [0.1, 0.15) is 11.6 Å². The molecule has 1 aromatic heterocycles. The second kappa shape index (κ2) is 5.66. The SMILES string of the molecule is C=C(C)Cn1c(CCl)nc2cc(OC(C)C)ccc21. The number of nitrogens with zero attached hydrogens (tertiary/aromatic N) is 2. The van der Waals surface area contributed by atoms with Gasteiger partial charge in [0, 0.05) is 12.6 Å². The van der Waals surface area contributed by atoms with Crippen molar-refractivity contribution in [1.82, 2.24) is 9.55 Å². The van der Waals surface area contributed by atoms with Gasteiger partial charge >= 0.3 is 0 Å². The molecule has 0 radical (unpaired) electrons. The number of halogens is 1. The molecule has 0 aliphatic heterocycles. The Kier molecular flexibility index (Phi) is 4.15. The molecule has 2 aromatic rings. The molecule has 19 heavy (non-hydrogen) atoms. The summed E-state index contributed by atoms with van der Waals surface area (Å²) in [5.74, 6) is 2.09. The number of alkyl halides is 1. The van der Waals surface area contributed by atoms with Gasteiger partial charge in [-0.3, -0.25) is 0 Å². The predicted molar refractivity (Wildman–Crippen MR) is 79.9 cm³/mol. The minimum Gasteiger partial charge on any atom is -0.491 e. The van der Waals surface area contributed by atoms with Crippen molar-refractivity contribution in [3.8, 4) is 5.75 Å². The van der Waals surface area contributed by atoms with E-state index >= 15 is 0 Å². The summed E-state index contributed by atoms with van der Waals surface area (Å²) in [7, 11) is 0. The Bertz CT molecular complexity index is 601. The number of benzene rings is 1. The third-order valence-electron chi connectivity index (χ3n) is 2.72. The summed E-state index contributed by atoms with van der Waals surface area (Å²) in [6.07, 6.45) is 0.155. The average molecular weight is 279 g/mol. The lowest BCUT2D eigenvalue weighted by molar-refractivity contribution is 0.242. The number of aromatic nitrogens is 2. The average Bonchev–Trinajstić information content (AvgIpc) is 2.65. The minimum atomic E-state index is 0.155. The molecule has 0 unspecified atom stereocenters. The lowest BCUT2D eigenvalue weighted by Gasteiger charge is -2.10. The molecule has 2 rings (SSSR count). The van der Waals surface area contributed by atoms with E-state index in [1.807, 2.05) is 39.0 Å². The molecule has 1 aromatic carbocycles. The van der Waals surface area contributed by atoms with E-state index in [1.54, 1.807) is 0 Å². The third-order valence-corrected chi connectivity index (χ3v) is 2.96. The van der Waals surface area contributed by atoms with Crippen molar-refractivity contribution in [3.05, 3.63) is 36.2 Å². The van der Waals surface area contributed by atoms with Gasteiger partial charge in [0.15, 0.2) is 0 Å². The molecule has 0 saturated carbocycles. The number of hydrogen-bond acceptors (Lipinski definition) is 2. The quantitative estimate of drug-likeness (QED) is 0.607. The van der Waals surface area contributed by atoms with Crippen molar-refractivity contribution >= 4 is 22.6 Å². The molecule has 1 heterocycles. The van der Waals surface area contributed by atoms with E-state index in [0.717, 1.165) is 34.7 Å². The van der Waals surface area contributed by atoms with Crippen LogP contribution in [0.4, 0.5) is 0 Å². The van der Waals surface area contributed by atoms with Gasteiger partial charge in [-0.05, 0) is 32.9 Å². The second-order valence-corrected chi connectivity index (χ2v) is 5.29. The van der Waals surface area contributed by atoms with Gasteiger partial charge in [0.2, 0.25) is 0 Å². The van der Waals surface area contributed by atoms with E-state index in [-0.39, 0.29) is 6.10 Å². The molecule has 0 fully saturated rings. The zero-order valence-electron chi connectivity index (χ0n) is 11.6. The molecule has 102 valence electrons. The van der Waals surface area contributed by atoms with Crippen molar-refractivity contribution in [2.45, 2.75) is 39.3 Å². The molecule has 0 spiro atoms. The topological polar surface area (TPSA) is 27.1 Å². The fraction of sp³-hybridized carbons (Fsp3) is 0.400. The van der Waals surface area contributed by atoms with Crippen LogP contribution in [0.3, 0.4) is 0 Å². The van der Waals surface area contributed by atoms with Gasteiger partial charge in [-0.2, -0.15) is 0 Å². The maximum Gasteiger partial charge on any atom is 0.125 e. The first-order valence-corrected chi connectivity index (χ1v) is 6.91. The van der Waals surface area contributed by atoms with E-state index in [9.17, 15) is 0 Å². The Morgan fingerprint density at radius 1 is 1.47 bits per heavy atom. The summed E-state index contributed by atoms with van der Waals surface area (Å²) < 4.78 is 7.79. The van der Waals surface area contributed by atoms with Crippen molar-refractivity contribution < 1.29 is 4.74 Å². The molecule has 0 atom stereocenters. The van der Waals surface area contributed by atoms with Gasteiger partial charge in [-0.15, -0.1) is 11.6 Å². The molecule has 0 amide bonds. The summed E-state index contributed by atoms with van der Waals surface area (Å²) in [5.41, 5.74) is 3.05. The number of fused-ring (bicyclic) bond motifs is 1. The second-order valence-electron chi connectivity index (χ2n) is 5.02. The smallest absolute Gasteiger partial charge is 0.125 e. The summed E-state index contributed by atoms with van der Waals surface area (Å²) in [5, 5.41) is 0. The largest absolute Gasteiger partial charge is 0.491 e. The van der Waals surface area contributed by atoms with Gasteiger partial charge in [-0.25, -0.2) is 4.98 Å². The monoisotopic (exact) mass is 278 g/mol. The molecule has 0 aliphatic rings. The lowest BCUT2D eigenvalue weighted by atomic mass is 10.2. The van der Waals surface area contributed by atoms with Crippen molar-refractivity contribution in [3.63, 3.8) is 0 Å². The van der Waals surface area contributed by atoms with Gasteiger partial charge in [-0.1, -0.05) is 12.2 Å². The van der Waals surface area contributed by atoms with Crippen LogP contribution < -0.4 is 4.74 Å². The number of allylic oxidation sites excluding steroid dienone is 1. The molecular formula is C15H19ClN2O.